The van der Waals surface area contributed by atoms with Crippen molar-refractivity contribution < 1.29 is 0 Å². The van der Waals surface area contributed by atoms with E-state index in [0.717, 1.165) is 24.4 Å². The average molecular weight is 246 g/mol. The van der Waals surface area contributed by atoms with E-state index >= 15 is 0 Å². The first kappa shape index (κ1) is 12.3. The summed E-state index contributed by atoms with van der Waals surface area (Å²) in [6.07, 6.45) is 2.22. The summed E-state index contributed by atoms with van der Waals surface area (Å²) in [6, 6.07) is 10.4. The highest BCUT2D eigenvalue weighted by molar-refractivity contribution is 7.15. The number of hydrogen-bond acceptors (Lipinski definition) is 3. The maximum Gasteiger partial charge on any atom is 0.123 e. The van der Waals surface area contributed by atoms with Crippen LogP contribution in [0.1, 0.15) is 23.9 Å². The van der Waals surface area contributed by atoms with Crippen LogP contribution < -0.4 is 5.32 Å². The molecule has 0 unspecified atom stereocenters. The maximum atomic E-state index is 4.77. The van der Waals surface area contributed by atoms with E-state index in [1.165, 1.54) is 16.1 Å². The highest BCUT2D eigenvalue weighted by Gasteiger charge is 2.10. The van der Waals surface area contributed by atoms with E-state index in [1.54, 1.807) is 11.3 Å². The zero-order valence-corrected chi connectivity index (χ0v) is 11.2. The molecule has 1 aromatic heterocycles. The van der Waals surface area contributed by atoms with Crippen LogP contribution in [0.3, 0.4) is 0 Å². The lowest BCUT2D eigenvalue weighted by molar-refractivity contribution is 0.798. The van der Waals surface area contributed by atoms with Gasteiger partial charge in [-0.25, -0.2) is 4.98 Å². The number of hydrogen-bond donors (Lipinski definition) is 1. The zero-order valence-electron chi connectivity index (χ0n) is 10.4. The summed E-state index contributed by atoms with van der Waals surface area (Å²) in [5.41, 5.74) is 2.47. The van der Waals surface area contributed by atoms with Crippen LogP contribution in [0.4, 0.5) is 0 Å². The minimum absolute atomic E-state index is 0.917. The lowest BCUT2D eigenvalue weighted by Crippen LogP contribution is -2.05. The van der Waals surface area contributed by atoms with Gasteiger partial charge in [0.15, 0.2) is 0 Å². The van der Waals surface area contributed by atoms with Crippen molar-refractivity contribution in [2.75, 3.05) is 7.05 Å². The molecule has 0 fully saturated rings. The molecular weight excluding hydrogens is 228 g/mol. The lowest BCUT2D eigenvalue weighted by Gasteiger charge is -1.98. The monoisotopic (exact) mass is 246 g/mol. The Kier molecular flexibility index (Phi) is 4.29. The summed E-state index contributed by atoms with van der Waals surface area (Å²) in [5.74, 6) is 0. The number of aryl methyl sites for hydroxylation is 1. The van der Waals surface area contributed by atoms with E-state index in [2.05, 4.69) is 36.5 Å². The number of rotatable bonds is 5. The Bertz CT molecular complexity index is 439. The number of nitrogens with one attached hydrogen (secondary N) is 1. The van der Waals surface area contributed by atoms with Crippen LogP contribution in [0, 0.1) is 0 Å². The summed E-state index contributed by atoms with van der Waals surface area (Å²) in [5, 5.41) is 4.36. The molecule has 17 heavy (non-hydrogen) atoms. The highest BCUT2D eigenvalue weighted by Crippen LogP contribution is 2.28. The van der Waals surface area contributed by atoms with Crippen LogP contribution in [0.25, 0.3) is 10.6 Å². The molecular formula is C14H18N2S. The zero-order chi connectivity index (χ0) is 12.1. The van der Waals surface area contributed by atoms with Crippen molar-refractivity contribution in [1.29, 1.82) is 0 Å². The van der Waals surface area contributed by atoms with Crippen LogP contribution in [-0.4, -0.2) is 12.0 Å². The predicted molar refractivity (Wildman–Crippen MR) is 74.3 cm³/mol. The summed E-state index contributed by atoms with van der Waals surface area (Å²) in [4.78, 5) is 6.14. The number of thiazole rings is 1. The van der Waals surface area contributed by atoms with E-state index < -0.39 is 0 Å². The van der Waals surface area contributed by atoms with Crippen LogP contribution >= 0.6 is 11.3 Å². The van der Waals surface area contributed by atoms with E-state index in [0.29, 0.717) is 0 Å². The minimum atomic E-state index is 0.917. The van der Waals surface area contributed by atoms with Gasteiger partial charge in [-0.05, 0) is 13.5 Å². The quantitative estimate of drug-likeness (QED) is 0.873. The predicted octanol–water partition coefficient (Wildman–Crippen LogP) is 3.48. The van der Waals surface area contributed by atoms with E-state index in [4.69, 9.17) is 4.98 Å². The van der Waals surface area contributed by atoms with Crippen LogP contribution in [-0.2, 0) is 13.0 Å². The number of nitrogens with zero attached hydrogens (tertiary/aromatic N) is 1. The van der Waals surface area contributed by atoms with Crippen molar-refractivity contribution in [2.24, 2.45) is 0 Å². The normalized spacial score (nSPS) is 10.7. The van der Waals surface area contributed by atoms with E-state index in [-0.39, 0.29) is 0 Å². The molecule has 2 rings (SSSR count). The fraction of sp³-hybridized carbons (Fsp3) is 0.357. The van der Waals surface area contributed by atoms with Crippen molar-refractivity contribution in [3.05, 3.63) is 40.9 Å². The molecule has 0 saturated heterocycles. The molecule has 1 heterocycles. The standard InChI is InChI=1S/C14H18N2S/c1-3-7-12-13(10-15-2)17-14(16-12)11-8-5-4-6-9-11/h4-6,8-9,15H,3,7,10H2,1-2H3. The molecule has 0 bridgehead atoms. The Morgan fingerprint density at radius 2 is 2.00 bits per heavy atom. The van der Waals surface area contributed by atoms with Gasteiger partial charge >= 0.3 is 0 Å². The van der Waals surface area contributed by atoms with E-state index in [9.17, 15) is 0 Å². The summed E-state index contributed by atoms with van der Waals surface area (Å²) in [6.45, 7) is 3.12. The second kappa shape index (κ2) is 5.94. The minimum Gasteiger partial charge on any atom is -0.315 e. The summed E-state index contributed by atoms with van der Waals surface area (Å²) >= 11 is 1.80. The molecule has 0 spiro atoms. The molecule has 0 aliphatic rings. The summed E-state index contributed by atoms with van der Waals surface area (Å²) < 4.78 is 0. The largest absolute Gasteiger partial charge is 0.315 e. The Morgan fingerprint density at radius 1 is 1.24 bits per heavy atom. The third kappa shape index (κ3) is 2.93. The molecule has 1 aromatic carbocycles. The molecule has 0 aliphatic carbocycles. The molecule has 0 aliphatic heterocycles. The molecule has 0 saturated carbocycles. The van der Waals surface area contributed by atoms with Gasteiger partial charge in [-0.1, -0.05) is 43.7 Å². The molecule has 0 radical (unpaired) electrons. The molecule has 3 heteroatoms. The first-order valence-electron chi connectivity index (χ1n) is 6.03. The lowest BCUT2D eigenvalue weighted by atomic mass is 10.2. The van der Waals surface area contributed by atoms with Crippen molar-refractivity contribution in [1.82, 2.24) is 10.3 Å². The molecule has 90 valence electrons. The SMILES string of the molecule is CCCc1nc(-c2ccccc2)sc1CNC. The number of benzene rings is 1. The Balaban J connectivity index is 2.33. The first-order valence-corrected chi connectivity index (χ1v) is 6.85. The second-order valence-corrected chi connectivity index (χ2v) is 5.12. The molecule has 2 aromatic rings. The van der Waals surface area contributed by atoms with E-state index in [1.807, 2.05) is 13.1 Å². The van der Waals surface area contributed by atoms with Crippen LogP contribution in [0.15, 0.2) is 30.3 Å². The van der Waals surface area contributed by atoms with Gasteiger partial charge in [0, 0.05) is 17.0 Å². The Hall–Kier alpha value is -1.19. The number of aromatic nitrogens is 1. The van der Waals surface area contributed by atoms with Gasteiger partial charge in [0.05, 0.1) is 5.69 Å². The van der Waals surface area contributed by atoms with Gasteiger partial charge in [0.2, 0.25) is 0 Å². The van der Waals surface area contributed by atoms with Crippen molar-refractivity contribution >= 4 is 11.3 Å². The third-order valence-electron chi connectivity index (χ3n) is 2.62. The van der Waals surface area contributed by atoms with Gasteiger partial charge in [-0.15, -0.1) is 11.3 Å². The first-order chi connectivity index (χ1) is 8.35. The van der Waals surface area contributed by atoms with Gasteiger partial charge in [-0.2, -0.15) is 0 Å². The van der Waals surface area contributed by atoms with Gasteiger partial charge in [-0.3, -0.25) is 0 Å². The Morgan fingerprint density at radius 3 is 2.65 bits per heavy atom. The fourth-order valence-corrected chi connectivity index (χ4v) is 2.94. The van der Waals surface area contributed by atoms with Gasteiger partial charge in [0.1, 0.15) is 5.01 Å². The molecule has 0 atom stereocenters. The van der Waals surface area contributed by atoms with Crippen LogP contribution in [0.5, 0.6) is 0 Å². The summed E-state index contributed by atoms with van der Waals surface area (Å²) in [7, 11) is 1.98. The second-order valence-electron chi connectivity index (χ2n) is 4.04. The smallest absolute Gasteiger partial charge is 0.123 e. The van der Waals surface area contributed by atoms with Crippen molar-refractivity contribution in [3.63, 3.8) is 0 Å². The van der Waals surface area contributed by atoms with Crippen molar-refractivity contribution in [2.45, 2.75) is 26.3 Å². The third-order valence-corrected chi connectivity index (χ3v) is 3.77. The molecule has 1 N–H and O–H groups in total. The Labute approximate surface area is 107 Å². The fourth-order valence-electron chi connectivity index (χ4n) is 1.82. The van der Waals surface area contributed by atoms with Crippen molar-refractivity contribution in [3.8, 4) is 10.6 Å². The highest BCUT2D eigenvalue weighted by atomic mass is 32.1. The molecule has 2 nitrogen and oxygen atoms in total. The van der Waals surface area contributed by atoms with Gasteiger partial charge < -0.3 is 5.32 Å². The maximum absolute atomic E-state index is 4.77. The van der Waals surface area contributed by atoms with Crippen LogP contribution in [0.2, 0.25) is 0 Å². The average Bonchev–Trinajstić information content (AvgIpc) is 2.75. The molecule has 0 amide bonds. The topological polar surface area (TPSA) is 24.9 Å². The van der Waals surface area contributed by atoms with Gasteiger partial charge in [0.25, 0.3) is 0 Å².